The second kappa shape index (κ2) is 18.1. The summed E-state index contributed by atoms with van der Waals surface area (Å²) in [6, 6.07) is 0. The van der Waals surface area contributed by atoms with E-state index >= 15 is 0 Å². The van der Waals surface area contributed by atoms with Crippen LogP contribution in [-0.4, -0.2) is 74.1 Å². The summed E-state index contributed by atoms with van der Waals surface area (Å²) in [7, 11) is 0. The number of ether oxygens (including phenoxy) is 5. The number of carbonyl (C=O) groups is 4. The number of carbonyl (C=O) groups excluding carboxylic acids is 4. The molecule has 1 atom stereocenters. The smallest absolute Gasteiger partial charge is 0.331 e. The van der Waals surface area contributed by atoms with Gasteiger partial charge in [0.2, 0.25) is 0 Å². The molecule has 11 heteroatoms. The van der Waals surface area contributed by atoms with Crippen LogP contribution in [0.1, 0.15) is 13.8 Å². The predicted molar refractivity (Wildman–Crippen MR) is 110 cm³/mol. The molecule has 0 amide bonds. The van der Waals surface area contributed by atoms with E-state index in [0.717, 1.165) is 24.3 Å². The number of alkyl halides is 1. The van der Waals surface area contributed by atoms with Crippen LogP contribution in [-0.2, 0) is 42.9 Å². The summed E-state index contributed by atoms with van der Waals surface area (Å²) in [6.45, 7) is 4.50. The molecule has 1 N–H and O–H groups in total. The van der Waals surface area contributed by atoms with Crippen molar-refractivity contribution < 1.29 is 42.9 Å². The zero-order chi connectivity index (χ0) is 21.9. The summed E-state index contributed by atoms with van der Waals surface area (Å²) in [6.07, 6.45) is 2.90. The molecule has 0 fully saturated rings. The van der Waals surface area contributed by atoms with E-state index < -0.39 is 30.0 Å². The van der Waals surface area contributed by atoms with Gasteiger partial charge >= 0.3 is 23.9 Å². The molecule has 0 aromatic heterocycles. The Morgan fingerprint density at radius 1 is 0.862 bits per heavy atom. The van der Waals surface area contributed by atoms with Gasteiger partial charge in [0, 0.05) is 37.4 Å². The fraction of sp³-hybridized carbons (Fsp3) is 0.556. The summed E-state index contributed by atoms with van der Waals surface area (Å²) in [5.41, 5.74) is 0. The molecule has 0 aromatic carbocycles. The zero-order valence-electron chi connectivity index (χ0n) is 16.4. The second-order valence-corrected chi connectivity index (χ2v) is 5.70. The van der Waals surface area contributed by atoms with Gasteiger partial charge in [-0.25, -0.2) is 19.2 Å². The number of hydrogen-bond acceptors (Lipinski definition) is 10. The highest BCUT2D eigenvalue weighted by Crippen LogP contribution is 1.97. The van der Waals surface area contributed by atoms with Gasteiger partial charge in [-0.05, 0) is 13.8 Å². The van der Waals surface area contributed by atoms with Crippen LogP contribution < -0.4 is 5.32 Å². The Labute approximate surface area is 183 Å². The third-order valence-electron chi connectivity index (χ3n) is 2.85. The maximum Gasteiger partial charge on any atom is 0.331 e. The molecular weight excluding hydrogens is 501 g/mol. The Morgan fingerprint density at radius 3 is 1.90 bits per heavy atom. The van der Waals surface area contributed by atoms with Crippen LogP contribution in [0.3, 0.4) is 0 Å². The molecule has 0 spiro atoms. The number of halogens is 1. The molecule has 0 aliphatic rings. The van der Waals surface area contributed by atoms with Crippen LogP contribution in [0.4, 0.5) is 0 Å². The summed E-state index contributed by atoms with van der Waals surface area (Å²) in [4.78, 5) is 45.9. The molecule has 29 heavy (non-hydrogen) atoms. The maximum absolute atomic E-state index is 11.8. The Bertz CT molecular complexity index is 578. The van der Waals surface area contributed by atoms with E-state index in [4.69, 9.17) is 14.2 Å². The molecule has 0 aromatic rings. The van der Waals surface area contributed by atoms with E-state index in [1.54, 1.807) is 13.8 Å². The van der Waals surface area contributed by atoms with Crippen LogP contribution in [0.25, 0.3) is 0 Å². The molecule has 0 aliphatic heterocycles. The molecule has 0 heterocycles. The van der Waals surface area contributed by atoms with Crippen LogP contribution in [0.2, 0.25) is 0 Å². The van der Waals surface area contributed by atoms with Crippen molar-refractivity contribution in [2.75, 3.05) is 44.1 Å². The summed E-state index contributed by atoms with van der Waals surface area (Å²) in [5.74, 6) is -2.94. The molecule has 0 saturated heterocycles. The first-order chi connectivity index (χ1) is 13.9. The first-order valence-corrected chi connectivity index (χ1v) is 10.4. The average Bonchev–Trinajstić information content (AvgIpc) is 2.69. The van der Waals surface area contributed by atoms with Crippen molar-refractivity contribution in [2.24, 2.45) is 0 Å². The van der Waals surface area contributed by atoms with Gasteiger partial charge in [0.1, 0.15) is 12.7 Å². The molecule has 0 bridgehead atoms. The normalized spacial score (nSPS) is 12.0. The molecule has 164 valence electrons. The van der Waals surface area contributed by atoms with Gasteiger partial charge in [0.15, 0.2) is 0 Å². The van der Waals surface area contributed by atoms with E-state index in [1.165, 1.54) is 0 Å². The summed E-state index contributed by atoms with van der Waals surface area (Å²) < 4.78 is 25.2. The van der Waals surface area contributed by atoms with Crippen molar-refractivity contribution in [1.29, 1.82) is 0 Å². The topological polar surface area (TPSA) is 126 Å². The van der Waals surface area contributed by atoms with Crippen molar-refractivity contribution >= 4 is 46.5 Å². The first kappa shape index (κ1) is 27.0. The van der Waals surface area contributed by atoms with E-state index in [-0.39, 0.29) is 26.4 Å². The Morgan fingerprint density at radius 2 is 1.38 bits per heavy atom. The summed E-state index contributed by atoms with van der Waals surface area (Å²) in [5, 5.41) is 3.00. The van der Waals surface area contributed by atoms with Gasteiger partial charge < -0.3 is 29.0 Å². The molecule has 0 radical (unpaired) electrons. The van der Waals surface area contributed by atoms with Crippen LogP contribution in [0.15, 0.2) is 24.3 Å². The second-order valence-electron chi connectivity index (χ2n) is 5.08. The number of rotatable bonds is 15. The largest absolute Gasteiger partial charge is 0.463 e. The lowest BCUT2D eigenvalue weighted by atomic mass is 10.3. The van der Waals surface area contributed by atoms with Gasteiger partial charge in [-0.1, -0.05) is 22.6 Å². The maximum atomic E-state index is 11.8. The molecule has 1 unspecified atom stereocenters. The monoisotopic (exact) mass is 527 g/mol. The lowest BCUT2D eigenvalue weighted by Crippen LogP contribution is -2.36. The summed E-state index contributed by atoms with van der Waals surface area (Å²) >= 11 is 2.07. The van der Waals surface area contributed by atoms with Crippen LogP contribution in [0.5, 0.6) is 0 Å². The Kier molecular flexibility index (Phi) is 16.8. The Hall–Kier alpha value is -1.99. The van der Waals surface area contributed by atoms with Crippen molar-refractivity contribution in [3.05, 3.63) is 24.3 Å². The van der Waals surface area contributed by atoms with Gasteiger partial charge in [0.05, 0.1) is 24.4 Å². The number of hydrogen-bond donors (Lipinski definition) is 1. The van der Waals surface area contributed by atoms with Gasteiger partial charge in [-0.3, -0.25) is 0 Å². The third-order valence-corrected chi connectivity index (χ3v) is 3.29. The highest BCUT2D eigenvalue weighted by molar-refractivity contribution is 14.1. The average molecular weight is 527 g/mol. The molecule has 0 aliphatic carbocycles. The zero-order valence-corrected chi connectivity index (χ0v) is 18.5. The van der Waals surface area contributed by atoms with Crippen LogP contribution in [0, 0.1) is 0 Å². The highest BCUT2D eigenvalue weighted by atomic mass is 127. The standard InChI is InChI=1S/C18H26INO9/c1-3-26-15(21)5-6-17(23)28-12-14(11-20-9-10-25-13-19)29-18(24)8-7-16(22)27-4-2/h5-8,14,20H,3-4,9-13H2,1-2H3/b6-5+,8-7+. The number of nitrogens with one attached hydrogen (secondary N) is 1. The fourth-order valence-electron chi connectivity index (χ4n) is 1.68. The van der Waals surface area contributed by atoms with Crippen LogP contribution >= 0.6 is 22.6 Å². The van der Waals surface area contributed by atoms with Gasteiger partial charge in [0.25, 0.3) is 0 Å². The lowest BCUT2D eigenvalue weighted by molar-refractivity contribution is -0.152. The van der Waals surface area contributed by atoms with Gasteiger partial charge in [-0.15, -0.1) is 0 Å². The minimum absolute atomic E-state index is 0.179. The molecular formula is C18H26INO9. The fourth-order valence-corrected chi connectivity index (χ4v) is 1.99. The van der Waals surface area contributed by atoms with Gasteiger partial charge in [-0.2, -0.15) is 0 Å². The van der Waals surface area contributed by atoms with Crippen molar-refractivity contribution in [3.8, 4) is 0 Å². The highest BCUT2D eigenvalue weighted by Gasteiger charge is 2.15. The van der Waals surface area contributed by atoms with Crippen molar-refractivity contribution in [1.82, 2.24) is 5.32 Å². The van der Waals surface area contributed by atoms with E-state index in [9.17, 15) is 19.2 Å². The molecule has 0 rings (SSSR count). The third kappa shape index (κ3) is 16.6. The predicted octanol–water partition coefficient (Wildman–Crippen LogP) is 0.679. The minimum atomic E-state index is -0.825. The number of esters is 4. The minimum Gasteiger partial charge on any atom is -0.463 e. The van der Waals surface area contributed by atoms with Crippen molar-refractivity contribution in [2.45, 2.75) is 20.0 Å². The SMILES string of the molecule is CCOC(=O)/C=C/C(=O)OCC(CNCCOCI)OC(=O)/C=C/C(=O)OCC. The first-order valence-electron chi connectivity index (χ1n) is 8.84. The Balaban J connectivity index is 4.62. The molecule has 0 saturated carbocycles. The molecule has 10 nitrogen and oxygen atoms in total. The van der Waals surface area contributed by atoms with Crippen molar-refractivity contribution in [3.63, 3.8) is 0 Å². The quantitative estimate of drug-likeness (QED) is 0.0812. The van der Waals surface area contributed by atoms with E-state index in [2.05, 4.69) is 37.4 Å². The van der Waals surface area contributed by atoms with E-state index in [0.29, 0.717) is 17.8 Å². The van der Waals surface area contributed by atoms with E-state index in [1.807, 2.05) is 0 Å². The lowest BCUT2D eigenvalue weighted by Gasteiger charge is -2.17.